The fraction of sp³-hybridized carbons (Fsp3) is 0.333. The van der Waals surface area contributed by atoms with Crippen molar-refractivity contribution < 1.29 is 9.53 Å². The van der Waals surface area contributed by atoms with Crippen LogP contribution in [-0.4, -0.2) is 36.2 Å². The largest absolute Gasteiger partial charge is 0.468 e. The van der Waals surface area contributed by atoms with Crippen LogP contribution in [0.2, 0.25) is 0 Å². The minimum atomic E-state index is -0.671. The molecule has 3 heterocycles. The van der Waals surface area contributed by atoms with Crippen LogP contribution in [0, 0.1) is 27.7 Å². The first kappa shape index (κ1) is 19.7. The first-order valence-corrected chi connectivity index (χ1v) is 9.51. The van der Waals surface area contributed by atoms with Gasteiger partial charge in [-0.1, -0.05) is 6.07 Å². The van der Waals surface area contributed by atoms with Crippen molar-refractivity contribution in [3.05, 3.63) is 61.6 Å². The summed E-state index contributed by atoms with van der Waals surface area (Å²) in [5, 5.41) is 0. The van der Waals surface area contributed by atoms with Gasteiger partial charge in [0.25, 0.3) is 5.56 Å². The van der Waals surface area contributed by atoms with Gasteiger partial charge in [-0.15, -0.1) is 0 Å². The average Bonchev–Trinajstić information content (AvgIpc) is 3.21. The van der Waals surface area contributed by atoms with Gasteiger partial charge in [0.15, 0.2) is 11.2 Å². The summed E-state index contributed by atoms with van der Waals surface area (Å²) in [4.78, 5) is 42.3. The lowest BCUT2D eigenvalue weighted by molar-refractivity contribution is -0.141. The molecule has 9 nitrogen and oxygen atoms in total. The van der Waals surface area contributed by atoms with E-state index in [9.17, 15) is 14.4 Å². The second kappa shape index (κ2) is 6.72. The number of methoxy groups -OCH3 is 1. The van der Waals surface area contributed by atoms with Crippen LogP contribution in [0.15, 0.2) is 27.8 Å². The molecular weight excluding hydrogens is 386 g/mol. The predicted octanol–water partition coefficient (Wildman–Crippen LogP) is 1.55. The Balaban J connectivity index is 2.14. The second-order valence-electron chi connectivity index (χ2n) is 7.50. The number of imidazole rings is 2. The lowest BCUT2D eigenvalue weighted by atomic mass is 10.1. The zero-order valence-electron chi connectivity index (χ0n) is 17.8. The molecule has 0 bridgehead atoms. The fourth-order valence-corrected chi connectivity index (χ4v) is 3.76. The number of carbonyl (C=O) groups excluding carboxylic acids is 1. The number of ether oxygens (including phenoxy) is 1. The van der Waals surface area contributed by atoms with Gasteiger partial charge in [-0.05, 0) is 51.0 Å². The predicted molar refractivity (Wildman–Crippen MR) is 112 cm³/mol. The maximum Gasteiger partial charge on any atom is 0.333 e. The van der Waals surface area contributed by atoms with E-state index in [2.05, 4.69) is 15.8 Å². The van der Waals surface area contributed by atoms with Crippen LogP contribution in [0.25, 0.3) is 22.6 Å². The van der Waals surface area contributed by atoms with Crippen molar-refractivity contribution in [2.24, 2.45) is 7.05 Å². The highest BCUT2D eigenvalue weighted by molar-refractivity contribution is 5.78. The molecule has 0 unspecified atom stereocenters. The van der Waals surface area contributed by atoms with E-state index in [0.29, 0.717) is 5.78 Å². The maximum absolute atomic E-state index is 13.2. The average molecular weight is 409 g/mol. The van der Waals surface area contributed by atoms with Gasteiger partial charge in [0.1, 0.15) is 6.54 Å². The van der Waals surface area contributed by atoms with Crippen LogP contribution < -0.4 is 11.2 Å². The topological polar surface area (TPSA) is 92.5 Å². The summed E-state index contributed by atoms with van der Waals surface area (Å²) in [5.41, 5.74) is 4.31. The number of fused-ring (bicyclic) bond motifs is 3. The van der Waals surface area contributed by atoms with Crippen molar-refractivity contribution in [2.45, 2.75) is 34.2 Å². The van der Waals surface area contributed by atoms with Gasteiger partial charge in [-0.2, -0.15) is 4.98 Å². The van der Waals surface area contributed by atoms with Crippen LogP contribution in [0.1, 0.15) is 22.5 Å². The molecule has 0 radical (unpaired) electrons. The molecule has 0 amide bonds. The molecule has 3 aromatic heterocycles. The van der Waals surface area contributed by atoms with E-state index < -0.39 is 23.8 Å². The van der Waals surface area contributed by atoms with E-state index in [0.717, 1.165) is 27.2 Å². The molecule has 156 valence electrons. The molecule has 30 heavy (non-hydrogen) atoms. The highest BCUT2D eigenvalue weighted by Gasteiger charge is 2.24. The number of esters is 1. The Morgan fingerprint density at radius 1 is 1.07 bits per heavy atom. The molecule has 0 aliphatic rings. The highest BCUT2D eigenvalue weighted by atomic mass is 16.5. The molecule has 9 heteroatoms. The zero-order valence-corrected chi connectivity index (χ0v) is 17.8. The normalized spacial score (nSPS) is 11.5. The van der Waals surface area contributed by atoms with Gasteiger partial charge < -0.3 is 4.74 Å². The summed E-state index contributed by atoms with van der Waals surface area (Å²) in [7, 11) is 2.75. The Kier molecular flexibility index (Phi) is 4.41. The lowest BCUT2D eigenvalue weighted by Gasteiger charge is -2.09. The van der Waals surface area contributed by atoms with Crippen LogP contribution in [0.4, 0.5) is 0 Å². The van der Waals surface area contributed by atoms with Crippen LogP contribution in [0.5, 0.6) is 0 Å². The van der Waals surface area contributed by atoms with Gasteiger partial charge in [0.2, 0.25) is 5.78 Å². The van der Waals surface area contributed by atoms with Crippen molar-refractivity contribution in [2.75, 3.05) is 7.11 Å². The summed E-state index contributed by atoms with van der Waals surface area (Å²) in [6.45, 7) is 7.49. The first-order valence-electron chi connectivity index (χ1n) is 9.51. The first-order chi connectivity index (χ1) is 14.2. The SMILES string of the molecule is COC(=O)Cn1c(=O)c2c(nc3n(-c4ccc(C)c(C)c4)c(C)c(C)n23)n(C)c1=O. The summed E-state index contributed by atoms with van der Waals surface area (Å²) >= 11 is 0. The van der Waals surface area contributed by atoms with E-state index in [1.54, 1.807) is 4.40 Å². The lowest BCUT2D eigenvalue weighted by Crippen LogP contribution is -2.41. The van der Waals surface area contributed by atoms with Crippen LogP contribution >= 0.6 is 0 Å². The molecule has 0 atom stereocenters. The molecule has 0 fully saturated rings. The molecule has 0 saturated carbocycles. The summed E-state index contributed by atoms with van der Waals surface area (Å²) in [6.07, 6.45) is 0. The second-order valence-corrected chi connectivity index (χ2v) is 7.50. The van der Waals surface area contributed by atoms with E-state index in [1.807, 2.05) is 44.4 Å². The van der Waals surface area contributed by atoms with Gasteiger partial charge in [0.05, 0.1) is 7.11 Å². The zero-order chi connectivity index (χ0) is 21.9. The van der Waals surface area contributed by atoms with Gasteiger partial charge in [-0.25, -0.2) is 9.36 Å². The minimum absolute atomic E-state index is 0.249. The molecule has 0 N–H and O–H groups in total. The standard InChI is InChI=1S/C21H23N5O4/c1-11-7-8-15(9-12(11)2)25-13(3)14(4)26-17-18(22-20(25)26)23(5)21(29)24(19(17)28)10-16(27)30-6/h7-9H,10H2,1-6H3. The van der Waals surface area contributed by atoms with Crippen molar-refractivity contribution in [1.29, 1.82) is 0 Å². The number of benzene rings is 1. The number of aromatic nitrogens is 5. The minimum Gasteiger partial charge on any atom is -0.468 e. The number of aryl methyl sites for hydroxylation is 4. The quantitative estimate of drug-likeness (QED) is 0.479. The number of hydrogen-bond donors (Lipinski definition) is 0. The number of carbonyl (C=O) groups is 1. The summed E-state index contributed by atoms with van der Waals surface area (Å²) < 4.78 is 10.5. The third-order valence-corrected chi connectivity index (χ3v) is 5.78. The molecule has 0 saturated heterocycles. The Morgan fingerprint density at radius 2 is 1.77 bits per heavy atom. The Labute approximate surface area is 171 Å². The third kappa shape index (κ3) is 2.62. The van der Waals surface area contributed by atoms with Crippen molar-refractivity contribution >= 4 is 22.9 Å². The van der Waals surface area contributed by atoms with E-state index in [1.165, 1.54) is 24.3 Å². The monoisotopic (exact) mass is 409 g/mol. The molecular formula is C21H23N5O4. The number of nitrogens with zero attached hydrogens (tertiary/aromatic N) is 5. The number of rotatable bonds is 3. The van der Waals surface area contributed by atoms with Crippen molar-refractivity contribution in [3.63, 3.8) is 0 Å². The Morgan fingerprint density at radius 3 is 2.40 bits per heavy atom. The van der Waals surface area contributed by atoms with Gasteiger partial charge in [-0.3, -0.25) is 23.1 Å². The van der Waals surface area contributed by atoms with E-state index >= 15 is 0 Å². The van der Waals surface area contributed by atoms with Gasteiger partial charge >= 0.3 is 11.7 Å². The maximum atomic E-state index is 13.2. The fourth-order valence-electron chi connectivity index (χ4n) is 3.76. The van der Waals surface area contributed by atoms with Crippen molar-refractivity contribution in [1.82, 2.24) is 23.1 Å². The molecule has 4 rings (SSSR count). The van der Waals surface area contributed by atoms with Crippen molar-refractivity contribution in [3.8, 4) is 5.69 Å². The van der Waals surface area contributed by atoms with Gasteiger partial charge in [0, 0.05) is 24.1 Å². The van der Waals surface area contributed by atoms with Crippen LogP contribution in [-0.2, 0) is 23.1 Å². The van der Waals surface area contributed by atoms with E-state index in [-0.39, 0.29) is 11.2 Å². The molecule has 1 aromatic carbocycles. The van der Waals surface area contributed by atoms with E-state index in [4.69, 9.17) is 0 Å². The number of hydrogen-bond acceptors (Lipinski definition) is 5. The molecule has 0 aliphatic heterocycles. The summed E-state index contributed by atoms with van der Waals surface area (Å²) in [6, 6.07) is 6.11. The molecule has 0 aliphatic carbocycles. The smallest absolute Gasteiger partial charge is 0.333 e. The molecule has 0 spiro atoms. The highest BCUT2D eigenvalue weighted by Crippen LogP contribution is 2.25. The third-order valence-electron chi connectivity index (χ3n) is 5.78. The Bertz CT molecular complexity index is 1470. The summed E-state index contributed by atoms with van der Waals surface area (Å²) in [5.74, 6) is -0.138. The Hall–Kier alpha value is -3.62. The molecule has 4 aromatic rings. The van der Waals surface area contributed by atoms with Crippen LogP contribution in [0.3, 0.4) is 0 Å².